The highest BCUT2D eigenvalue weighted by Crippen LogP contribution is 2.11. The fraction of sp³-hybridized carbons (Fsp3) is 0.455. The predicted molar refractivity (Wildman–Crippen MR) is 59.5 cm³/mol. The Balaban J connectivity index is 2.27. The smallest absolute Gasteiger partial charge is 0.115 e. The lowest BCUT2D eigenvalue weighted by atomic mass is 10.1. The van der Waals surface area contributed by atoms with Crippen LogP contribution in [-0.2, 0) is 6.42 Å². The lowest BCUT2D eigenvalue weighted by Gasteiger charge is -2.11. The molecule has 0 aliphatic rings. The lowest BCUT2D eigenvalue weighted by molar-refractivity contribution is 0.129. The van der Waals surface area contributed by atoms with Crippen LogP contribution in [0.2, 0.25) is 0 Å². The van der Waals surface area contributed by atoms with E-state index in [0.717, 1.165) is 12.0 Å². The van der Waals surface area contributed by atoms with E-state index in [0.29, 0.717) is 19.5 Å². The monoisotopic (exact) mass is 210 g/mol. The summed E-state index contributed by atoms with van der Waals surface area (Å²) in [6.45, 7) is 1.15. The third-order valence-corrected chi connectivity index (χ3v) is 2.17. The summed E-state index contributed by atoms with van der Waals surface area (Å²) in [6.07, 6.45) is 0.909. The zero-order valence-electron chi connectivity index (χ0n) is 8.69. The van der Waals surface area contributed by atoms with Gasteiger partial charge in [0.1, 0.15) is 12.0 Å². The second-order valence-electron chi connectivity index (χ2n) is 3.46. The van der Waals surface area contributed by atoms with Crippen LogP contribution in [0.3, 0.4) is 0 Å². The van der Waals surface area contributed by atoms with Crippen molar-refractivity contribution in [2.24, 2.45) is 5.73 Å². The second-order valence-corrected chi connectivity index (χ2v) is 3.46. The zero-order valence-corrected chi connectivity index (χ0v) is 8.69. The van der Waals surface area contributed by atoms with E-state index in [1.54, 1.807) is 12.1 Å². The maximum absolute atomic E-state index is 9.48. The van der Waals surface area contributed by atoms with Gasteiger partial charge in [-0.25, -0.2) is 0 Å². The Hall–Kier alpha value is -1.10. The number of benzene rings is 1. The molecule has 0 fully saturated rings. The average Bonchev–Trinajstić information content (AvgIpc) is 2.25. The Morgan fingerprint density at radius 3 is 2.53 bits per heavy atom. The normalized spacial score (nSPS) is 12.7. The Labute approximate surface area is 89.7 Å². The largest absolute Gasteiger partial charge is 0.508 e. The topological polar surface area (TPSA) is 78.5 Å². The van der Waals surface area contributed by atoms with Crippen molar-refractivity contribution >= 4 is 0 Å². The molecular formula is C11H18N2O2. The molecule has 1 aromatic carbocycles. The molecule has 1 unspecified atom stereocenters. The molecule has 15 heavy (non-hydrogen) atoms. The fourth-order valence-electron chi connectivity index (χ4n) is 1.32. The first kappa shape index (κ1) is 12.0. The van der Waals surface area contributed by atoms with Gasteiger partial charge in [0, 0.05) is 13.1 Å². The molecule has 0 aliphatic heterocycles. The Bertz CT molecular complexity index is 274. The van der Waals surface area contributed by atoms with Gasteiger partial charge >= 0.3 is 0 Å². The van der Waals surface area contributed by atoms with Crippen LogP contribution in [0.4, 0.5) is 0 Å². The predicted octanol–water partition coefficient (Wildman–Crippen LogP) is 0.191. The number of aliphatic hydroxyl groups excluding tert-OH is 1. The Morgan fingerprint density at radius 2 is 1.93 bits per heavy atom. The standard InChI is InChI=1S/C11H18N2O2/c12-7-8-13-11(15)6-3-9-1-4-10(14)5-2-9/h1-2,4-5,11,13-15H,3,6-8,12H2. The van der Waals surface area contributed by atoms with Gasteiger partial charge in [-0.15, -0.1) is 0 Å². The van der Waals surface area contributed by atoms with Crippen molar-refractivity contribution in [2.45, 2.75) is 19.1 Å². The van der Waals surface area contributed by atoms with Crippen LogP contribution in [0.15, 0.2) is 24.3 Å². The first-order chi connectivity index (χ1) is 7.22. The second kappa shape index (κ2) is 6.40. The van der Waals surface area contributed by atoms with Gasteiger partial charge in [0.25, 0.3) is 0 Å². The van der Waals surface area contributed by atoms with E-state index in [1.807, 2.05) is 12.1 Å². The van der Waals surface area contributed by atoms with Crippen molar-refractivity contribution in [1.29, 1.82) is 0 Å². The molecular weight excluding hydrogens is 192 g/mol. The molecule has 0 radical (unpaired) electrons. The van der Waals surface area contributed by atoms with E-state index >= 15 is 0 Å². The molecule has 0 saturated carbocycles. The molecule has 0 amide bonds. The molecule has 5 N–H and O–H groups in total. The van der Waals surface area contributed by atoms with Crippen LogP contribution in [0.1, 0.15) is 12.0 Å². The van der Waals surface area contributed by atoms with Crippen LogP contribution in [-0.4, -0.2) is 29.5 Å². The minimum atomic E-state index is -0.512. The molecule has 0 heterocycles. The van der Waals surface area contributed by atoms with Gasteiger partial charge in [0.15, 0.2) is 0 Å². The lowest BCUT2D eigenvalue weighted by Crippen LogP contribution is -2.33. The van der Waals surface area contributed by atoms with Gasteiger partial charge in [-0.3, -0.25) is 5.32 Å². The number of nitrogens with two attached hydrogens (primary N) is 1. The van der Waals surface area contributed by atoms with Crippen LogP contribution in [0, 0.1) is 0 Å². The highest BCUT2D eigenvalue weighted by molar-refractivity contribution is 5.25. The van der Waals surface area contributed by atoms with Crippen molar-refractivity contribution in [2.75, 3.05) is 13.1 Å². The zero-order chi connectivity index (χ0) is 11.1. The summed E-state index contributed by atoms with van der Waals surface area (Å²) >= 11 is 0. The average molecular weight is 210 g/mol. The van der Waals surface area contributed by atoms with E-state index in [1.165, 1.54) is 0 Å². The van der Waals surface area contributed by atoms with Gasteiger partial charge in [-0.1, -0.05) is 12.1 Å². The van der Waals surface area contributed by atoms with E-state index in [9.17, 15) is 5.11 Å². The number of hydrogen-bond donors (Lipinski definition) is 4. The van der Waals surface area contributed by atoms with Gasteiger partial charge in [-0.2, -0.15) is 0 Å². The van der Waals surface area contributed by atoms with E-state index in [2.05, 4.69) is 5.32 Å². The molecule has 0 aromatic heterocycles. The highest BCUT2D eigenvalue weighted by Gasteiger charge is 2.02. The summed E-state index contributed by atoms with van der Waals surface area (Å²) < 4.78 is 0. The number of phenolic OH excluding ortho intramolecular Hbond substituents is 1. The van der Waals surface area contributed by atoms with Gasteiger partial charge in [-0.05, 0) is 30.5 Å². The third kappa shape index (κ3) is 4.78. The van der Waals surface area contributed by atoms with Crippen molar-refractivity contribution < 1.29 is 10.2 Å². The number of aryl methyl sites for hydroxylation is 1. The molecule has 1 atom stereocenters. The minimum Gasteiger partial charge on any atom is -0.508 e. The number of hydrogen-bond acceptors (Lipinski definition) is 4. The molecule has 0 spiro atoms. The van der Waals surface area contributed by atoms with Gasteiger partial charge < -0.3 is 15.9 Å². The summed E-state index contributed by atoms with van der Waals surface area (Å²) in [4.78, 5) is 0. The number of phenols is 1. The molecule has 0 bridgehead atoms. The first-order valence-electron chi connectivity index (χ1n) is 5.12. The number of aliphatic hydroxyl groups is 1. The molecule has 4 heteroatoms. The van der Waals surface area contributed by atoms with Crippen LogP contribution >= 0.6 is 0 Å². The summed E-state index contributed by atoms with van der Waals surface area (Å²) in [5.41, 5.74) is 6.40. The van der Waals surface area contributed by atoms with Crippen molar-refractivity contribution in [3.63, 3.8) is 0 Å². The molecule has 1 rings (SSSR count). The van der Waals surface area contributed by atoms with Gasteiger partial charge in [0.2, 0.25) is 0 Å². The maximum Gasteiger partial charge on any atom is 0.115 e. The molecule has 0 saturated heterocycles. The first-order valence-corrected chi connectivity index (χ1v) is 5.12. The summed E-state index contributed by atoms with van der Waals surface area (Å²) in [5, 5.41) is 21.4. The molecule has 4 nitrogen and oxygen atoms in total. The number of nitrogens with one attached hydrogen (secondary N) is 1. The highest BCUT2D eigenvalue weighted by atomic mass is 16.3. The quantitative estimate of drug-likeness (QED) is 0.505. The van der Waals surface area contributed by atoms with Crippen molar-refractivity contribution in [3.05, 3.63) is 29.8 Å². The summed E-state index contributed by atoms with van der Waals surface area (Å²) in [5.74, 6) is 0.264. The number of rotatable bonds is 6. The van der Waals surface area contributed by atoms with E-state index in [-0.39, 0.29) is 5.75 Å². The molecule has 84 valence electrons. The van der Waals surface area contributed by atoms with Crippen molar-refractivity contribution in [1.82, 2.24) is 5.32 Å². The third-order valence-electron chi connectivity index (χ3n) is 2.17. The van der Waals surface area contributed by atoms with Crippen LogP contribution in [0.25, 0.3) is 0 Å². The van der Waals surface area contributed by atoms with Crippen LogP contribution < -0.4 is 11.1 Å². The van der Waals surface area contributed by atoms with Gasteiger partial charge in [0.05, 0.1) is 0 Å². The summed E-state index contributed by atoms with van der Waals surface area (Å²) in [7, 11) is 0. The van der Waals surface area contributed by atoms with E-state index in [4.69, 9.17) is 10.8 Å². The van der Waals surface area contributed by atoms with Crippen LogP contribution in [0.5, 0.6) is 5.75 Å². The number of aromatic hydroxyl groups is 1. The molecule has 1 aromatic rings. The van der Waals surface area contributed by atoms with Crippen molar-refractivity contribution in [3.8, 4) is 5.75 Å². The summed E-state index contributed by atoms with van der Waals surface area (Å²) in [6, 6.07) is 7.00. The minimum absolute atomic E-state index is 0.264. The fourth-order valence-corrected chi connectivity index (χ4v) is 1.32. The molecule has 0 aliphatic carbocycles. The maximum atomic E-state index is 9.48. The Kier molecular flexibility index (Phi) is 5.10. The van der Waals surface area contributed by atoms with E-state index < -0.39 is 6.23 Å². The SMILES string of the molecule is NCCNC(O)CCc1ccc(O)cc1. The Morgan fingerprint density at radius 1 is 1.27 bits per heavy atom.